The molecule has 0 spiro atoms. The molecule has 0 aliphatic heterocycles. The molecule has 4 aromatic rings. The fourth-order valence-corrected chi connectivity index (χ4v) is 3.14. The molecule has 2 aromatic carbocycles. The highest BCUT2D eigenvalue weighted by Crippen LogP contribution is 2.19. The van der Waals surface area contributed by atoms with E-state index in [-0.39, 0.29) is 12.5 Å². The lowest BCUT2D eigenvalue weighted by molar-refractivity contribution is -0.121. The summed E-state index contributed by atoms with van der Waals surface area (Å²) in [6, 6.07) is 13.7. The van der Waals surface area contributed by atoms with Gasteiger partial charge in [0, 0.05) is 13.0 Å². The summed E-state index contributed by atoms with van der Waals surface area (Å²) in [5, 5.41) is 2.93. The Hall–Kier alpha value is -3.15. The molecular weight excluding hydrogens is 328 g/mol. The highest BCUT2D eigenvalue weighted by Gasteiger charge is 2.11. The Morgan fingerprint density at radius 2 is 1.96 bits per heavy atom. The zero-order chi connectivity index (χ0) is 18.1. The Morgan fingerprint density at radius 1 is 1.12 bits per heavy atom. The van der Waals surface area contributed by atoms with Crippen molar-refractivity contribution < 1.29 is 9.21 Å². The first-order chi connectivity index (χ1) is 12.6. The number of para-hydroxylation sites is 3. The first kappa shape index (κ1) is 16.3. The van der Waals surface area contributed by atoms with E-state index in [4.69, 9.17) is 4.42 Å². The highest BCUT2D eigenvalue weighted by molar-refractivity contribution is 5.81. The number of carbonyl (C=O) groups is 1. The van der Waals surface area contributed by atoms with Crippen molar-refractivity contribution in [1.29, 1.82) is 0 Å². The maximum atomic E-state index is 12.3. The number of aromatic nitrogens is 3. The minimum Gasteiger partial charge on any atom is -0.441 e. The second-order valence-electron chi connectivity index (χ2n) is 6.36. The van der Waals surface area contributed by atoms with Crippen molar-refractivity contribution in [2.75, 3.05) is 6.54 Å². The number of nitrogens with zero attached hydrogens (tertiary/aromatic N) is 3. The molecule has 6 nitrogen and oxygen atoms in total. The van der Waals surface area contributed by atoms with Gasteiger partial charge in [0.2, 0.25) is 5.91 Å². The maximum absolute atomic E-state index is 12.3. The van der Waals surface area contributed by atoms with Crippen LogP contribution < -0.4 is 5.32 Å². The third-order valence-corrected chi connectivity index (χ3v) is 4.47. The van der Waals surface area contributed by atoms with Gasteiger partial charge in [-0.1, -0.05) is 24.3 Å². The Balaban J connectivity index is 1.39. The number of fused-ring (bicyclic) bond motifs is 2. The maximum Gasteiger partial charge on any atom is 0.240 e. The molecule has 1 amide bonds. The van der Waals surface area contributed by atoms with Gasteiger partial charge >= 0.3 is 0 Å². The van der Waals surface area contributed by atoms with Crippen LogP contribution in [0.2, 0.25) is 0 Å². The average Bonchev–Trinajstić information content (AvgIpc) is 3.17. The Morgan fingerprint density at radius 3 is 2.81 bits per heavy atom. The molecule has 0 aliphatic rings. The van der Waals surface area contributed by atoms with Gasteiger partial charge in [-0.15, -0.1) is 0 Å². The third-order valence-electron chi connectivity index (χ3n) is 4.47. The molecule has 4 rings (SSSR count). The number of hydrogen-bond donors (Lipinski definition) is 1. The Kier molecular flexibility index (Phi) is 4.16. The smallest absolute Gasteiger partial charge is 0.240 e. The third kappa shape index (κ3) is 3.06. The number of rotatable bonds is 5. The van der Waals surface area contributed by atoms with Gasteiger partial charge in [-0.25, -0.2) is 9.97 Å². The summed E-state index contributed by atoms with van der Waals surface area (Å²) in [5.41, 5.74) is 4.62. The number of amides is 1. The van der Waals surface area contributed by atoms with Crippen molar-refractivity contribution in [1.82, 2.24) is 19.9 Å². The molecule has 0 fully saturated rings. The van der Waals surface area contributed by atoms with Crippen LogP contribution in [-0.2, 0) is 17.8 Å². The lowest BCUT2D eigenvalue weighted by Gasteiger charge is -2.07. The van der Waals surface area contributed by atoms with Gasteiger partial charge in [-0.05, 0) is 37.6 Å². The Bertz CT molecular complexity index is 1090. The molecular formula is C20H20N4O2. The van der Waals surface area contributed by atoms with Crippen LogP contribution in [0.4, 0.5) is 0 Å². The lowest BCUT2D eigenvalue weighted by atomic mass is 10.2. The van der Waals surface area contributed by atoms with Gasteiger partial charge in [0.1, 0.15) is 17.9 Å². The molecule has 0 radical (unpaired) electrons. The van der Waals surface area contributed by atoms with E-state index in [1.165, 1.54) is 0 Å². The molecule has 0 saturated carbocycles. The van der Waals surface area contributed by atoms with Gasteiger partial charge < -0.3 is 14.3 Å². The summed E-state index contributed by atoms with van der Waals surface area (Å²) < 4.78 is 7.66. The molecule has 0 aliphatic carbocycles. The van der Waals surface area contributed by atoms with Gasteiger partial charge in [0.05, 0.1) is 11.0 Å². The average molecular weight is 348 g/mol. The lowest BCUT2D eigenvalue weighted by Crippen LogP contribution is -2.29. The van der Waals surface area contributed by atoms with Gasteiger partial charge in [0.25, 0.3) is 0 Å². The molecule has 0 bridgehead atoms. The van der Waals surface area contributed by atoms with Gasteiger partial charge in [-0.2, -0.15) is 0 Å². The van der Waals surface area contributed by atoms with Crippen molar-refractivity contribution in [3.63, 3.8) is 0 Å². The number of hydrogen-bond acceptors (Lipinski definition) is 4. The molecule has 26 heavy (non-hydrogen) atoms. The summed E-state index contributed by atoms with van der Waals surface area (Å²) in [6.45, 7) is 4.65. The summed E-state index contributed by atoms with van der Waals surface area (Å²) in [5.74, 6) is 1.41. The van der Waals surface area contributed by atoms with Crippen LogP contribution in [0, 0.1) is 13.8 Å². The van der Waals surface area contributed by atoms with Crippen LogP contribution in [0.5, 0.6) is 0 Å². The van der Waals surface area contributed by atoms with Crippen LogP contribution in [-0.4, -0.2) is 27.0 Å². The topological polar surface area (TPSA) is 73.0 Å². The fourth-order valence-electron chi connectivity index (χ4n) is 3.14. The monoisotopic (exact) mass is 348 g/mol. The summed E-state index contributed by atoms with van der Waals surface area (Å²) >= 11 is 0. The minimum atomic E-state index is -0.0523. The molecule has 0 unspecified atom stereocenters. The SMILES string of the molecule is Cc1cccc2oc(CCNC(=O)Cn3c(C)nc4ccccc43)nc12. The van der Waals surface area contributed by atoms with E-state index in [2.05, 4.69) is 15.3 Å². The van der Waals surface area contributed by atoms with Crippen LogP contribution in [0.3, 0.4) is 0 Å². The summed E-state index contributed by atoms with van der Waals surface area (Å²) in [6.07, 6.45) is 0.559. The van der Waals surface area contributed by atoms with Gasteiger partial charge in [0.15, 0.2) is 11.5 Å². The zero-order valence-electron chi connectivity index (χ0n) is 14.8. The summed E-state index contributed by atoms with van der Waals surface area (Å²) in [4.78, 5) is 21.3. The second-order valence-corrected chi connectivity index (χ2v) is 6.36. The molecule has 6 heteroatoms. The van der Waals surface area contributed by atoms with E-state index in [9.17, 15) is 4.79 Å². The molecule has 1 N–H and O–H groups in total. The van der Waals surface area contributed by atoms with E-state index in [0.29, 0.717) is 18.9 Å². The van der Waals surface area contributed by atoms with Crippen molar-refractivity contribution in [3.8, 4) is 0 Å². The van der Waals surface area contributed by atoms with Crippen LogP contribution in [0.1, 0.15) is 17.3 Å². The van der Waals surface area contributed by atoms with E-state index in [1.54, 1.807) is 0 Å². The molecule has 2 aromatic heterocycles. The number of aryl methyl sites for hydroxylation is 2. The van der Waals surface area contributed by atoms with E-state index >= 15 is 0 Å². The van der Waals surface area contributed by atoms with Crippen LogP contribution >= 0.6 is 0 Å². The zero-order valence-corrected chi connectivity index (χ0v) is 14.8. The number of nitrogens with one attached hydrogen (secondary N) is 1. The quantitative estimate of drug-likeness (QED) is 0.601. The predicted molar refractivity (Wildman–Crippen MR) is 99.9 cm³/mol. The first-order valence-electron chi connectivity index (χ1n) is 8.65. The van der Waals surface area contributed by atoms with E-state index in [1.807, 2.05) is 60.9 Å². The largest absolute Gasteiger partial charge is 0.441 e. The standard InChI is InChI=1S/C20H20N4O2/c1-13-6-5-9-17-20(13)23-19(26-17)10-11-21-18(25)12-24-14(2)22-15-7-3-4-8-16(15)24/h3-9H,10-12H2,1-2H3,(H,21,25). The fraction of sp³-hybridized carbons (Fsp3) is 0.250. The van der Waals surface area contributed by atoms with Crippen molar-refractivity contribution in [2.45, 2.75) is 26.8 Å². The Labute approximate surface area is 150 Å². The molecule has 2 heterocycles. The van der Waals surface area contributed by atoms with E-state index < -0.39 is 0 Å². The number of imidazole rings is 1. The number of benzene rings is 2. The molecule has 0 saturated heterocycles. The molecule has 0 atom stereocenters. The van der Waals surface area contributed by atoms with Crippen molar-refractivity contribution >= 4 is 28.0 Å². The van der Waals surface area contributed by atoms with Crippen LogP contribution in [0.15, 0.2) is 46.9 Å². The number of carbonyl (C=O) groups excluding carboxylic acids is 1. The molecule has 132 valence electrons. The normalized spacial score (nSPS) is 11.3. The second kappa shape index (κ2) is 6.63. The first-order valence-corrected chi connectivity index (χ1v) is 8.65. The van der Waals surface area contributed by atoms with Crippen LogP contribution in [0.25, 0.3) is 22.1 Å². The minimum absolute atomic E-state index is 0.0523. The predicted octanol–water partition coefficient (Wildman–Crippen LogP) is 3.15. The highest BCUT2D eigenvalue weighted by atomic mass is 16.3. The number of oxazole rings is 1. The van der Waals surface area contributed by atoms with Gasteiger partial charge in [-0.3, -0.25) is 4.79 Å². The van der Waals surface area contributed by atoms with E-state index in [0.717, 1.165) is 33.5 Å². The van der Waals surface area contributed by atoms with Crippen molar-refractivity contribution in [2.24, 2.45) is 0 Å². The van der Waals surface area contributed by atoms with Crippen molar-refractivity contribution in [3.05, 3.63) is 59.7 Å². The summed E-state index contributed by atoms with van der Waals surface area (Å²) in [7, 11) is 0.